The molecule has 1 aromatic carbocycles. The fraction of sp³-hybridized carbons (Fsp3) is 0.300. The summed E-state index contributed by atoms with van der Waals surface area (Å²) in [5.41, 5.74) is 3.21. The van der Waals surface area contributed by atoms with E-state index in [1.54, 1.807) is 4.90 Å². The highest BCUT2D eigenvalue weighted by Gasteiger charge is 2.45. The van der Waals surface area contributed by atoms with Gasteiger partial charge in [0, 0.05) is 31.4 Å². The van der Waals surface area contributed by atoms with Crippen molar-refractivity contribution in [3.05, 3.63) is 72.2 Å². The summed E-state index contributed by atoms with van der Waals surface area (Å²) in [6.45, 7) is 1.18. The minimum atomic E-state index is -0.0562. The summed E-state index contributed by atoms with van der Waals surface area (Å²) in [5, 5.41) is 2.97. The molecule has 2 heterocycles. The van der Waals surface area contributed by atoms with E-state index >= 15 is 0 Å². The average molecular weight is 334 g/mol. The zero-order valence-corrected chi connectivity index (χ0v) is 14.4. The van der Waals surface area contributed by atoms with Crippen LogP contribution < -0.4 is 5.32 Å². The van der Waals surface area contributed by atoms with Gasteiger partial charge in [-0.15, -0.1) is 0 Å². The van der Waals surface area contributed by atoms with Crippen LogP contribution in [0.15, 0.2) is 60.9 Å². The molecular formula is C20H22N4O. The van der Waals surface area contributed by atoms with Crippen molar-refractivity contribution in [2.75, 3.05) is 13.6 Å². The second-order valence-electron chi connectivity index (χ2n) is 6.86. The summed E-state index contributed by atoms with van der Waals surface area (Å²) in [6.07, 6.45) is 6.18. The summed E-state index contributed by atoms with van der Waals surface area (Å²) in [4.78, 5) is 18.7. The van der Waals surface area contributed by atoms with E-state index in [4.69, 9.17) is 0 Å². The Kier molecular flexibility index (Phi) is 3.92. The monoisotopic (exact) mass is 334 g/mol. The molecule has 0 atom stereocenters. The molecule has 1 aliphatic carbocycles. The first-order valence-corrected chi connectivity index (χ1v) is 8.63. The maximum atomic E-state index is 12.4. The van der Waals surface area contributed by atoms with Gasteiger partial charge in [-0.1, -0.05) is 36.4 Å². The number of fused-ring (bicyclic) bond motifs is 1. The Bertz CT molecular complexity index is 850. The molecule has 1 saturated carbocycles. The molecule has 5 heteroatoms. The molecule has 1 N–H and O–H groups in total. The Morgan fingerprint density at radius 3 is 2.68 bits per heavy atom. The lowest BCUT2D eigenvalue weighted by atomic mass is 9.95. The molecule has 5 nitrogen and oxygen atoms in total. The SMILES string of the molecule is CN(CC1(c2ccccc2)CC1)C(=O)NCc1cn2ccccc2n1. The first-order chi connectivity index (χ1) is 12.2. The fourth-order valence-electron chi connectivity index (χ4n) is 3.38. The number of hydrogen-bond acceptors (Lipinski definition) is 2. The van der Waals surface area contributed by atoms with Gasteiger partial charge >= 0.3 is 6.03 Å². The lowest BCUT2D eigenvalue weighted by molar-refractivity contribution is 0.203. The van der Waals surface area contributed by atoms with Gasteiger partial charge in [0.15, 0.2) is 0 Å². The van der Waals surface area contributed by atoms with Crippen LogP contribution in [-0.2, 0) is 12.0 Å². The average Bonchev–Trinajstić information content (AvgIpc) is 3.30. The van der Waals surface area contributed by atoms with Crippen molar-refractivity contribution in [1.82, 2.24) is 19.6 Å². The number of rotatable bonds is 5. The highest BCUT2D eigenvalue weighted by Crippen LogP contribution is 2.48. The van der Waals surface area contributed by atoms with Crippen molar-refractivity contribution >= 4 is 11.7 Å². The van der Waals surface area contributed by atoms with E-state index in [1.165, 1.54) is 5.56 Å². The number of aromatic nitrogens is 2. The molecule has 0 saturated heterocycles. The van der Waals surface area contributed by atoms with E-state index in [0.29, 0.717) is 6.54 Å². The van der Waals surface area contributed by atoms with Crippen LogP contribution in [0.3, 0.4) is 0 Å². The molecule has 1 fully saturated rings. The Morgan fingerprint density at radius 2 is 1.96 bits per heavy atom. The standard InChI is InChI=1S/C20H22N4O/c1-23(15-20(10-11-20)16-7-3-2-4-8-16)19(25)21-13-17-14-24-12-6-5-9-18(24)22-17/h2-9,12,14H,10-11,13,15H2,1H3,(H,21,25). The lowest BCUT2D eigenvalue weighted by Crippen LogP contribution is -2.41. The third-order valence-corrected chi connectivity index (χ3v) is 4.96. The van der Waals surface area contributed by atoms with Crippen LogP contribution in [-0.4, -0.2) is 33.9 Å². The van der Waals surface area contributed by atoms with E-state index in [9.17, 15) is 4.79 Å². The van der Waals surface area contributed by atoms with Crippen LogP contribution in [0.5, 0.6) is 0 Å². The third-order valence-electron chi connectivity index (χ3n) is 4.96. The molecule has 0 unspecified atom stereocenters. The number of carbonyl (C=O) groups excluding carboxylic acids is 1. The zero-order valence-electron chi connectivity index (χ0n) is 14.4. The molecule has 0 bridgehead atoms. The summed E-state index contributed by atoms with van der Waals surface area (Å²) >= 11 is 0. The number of nitrogens with zero attached hydrogens (tertiary/aromatic N) is 3. The van der Waals surface area contributed by atoms with Crippen LogP contribution in [0.2, 0.25) is 0 Å². The van der Waals surface area contributed by atoms with E-state index in [-0.39, 0.29) is 11.4 Å². The highest BCUT2D eigenvalue weighted by atomic mass is 16.2. The van der Waals surface area contributed by atoms with Crippen LogP contribution in [0.1, 0.15) is 24.1 Å². The molecule has 0 spiro atoms. The first-order valence-electron chi connectivity index (χ1n) is 8.63. The smallest absolute Gasteiger partial charge is 0.317 e. The number of nitrogens with one attached hydrogen (secondary N) is 1. The number of benzene rings is 1. The molecule has 4 rings (SSSR count). The maximum absolute atomic E-state index is 12.4. The number of pyridine rings is 1. The van der Waals surface area contributed by atoms with Crippen molar-refractivity contribution in [3.63, 3.8) is 0 Å². The van der Waals surface area contributed by atoms with E-state index < -0.39 is 0 Å². The van der Waals surface area contributed by atoms with Crippen molar-refractivity contribution in [3.8, 4) is 0 Å². The van der Waals surface area contributed by atoms with Gasteiger partial charge in [-0.3, -0.25) is 0 Å². The Morgan fingerprint density at radius 1 is 1.20 bits per heavy atom. The number of likely N-dealkylation sites (N-methyl/N-ethyl adjacent to an activating group) is 1. The second kappa shape index (κ2) is 6.24. The van der Waals surface area contributed by atoms with Gasteiger partial charge < -0.3 is 14.6 Å². The predicted molar refractivity (Wildman–Crippen MR) is 97.4 cm³/mol. The molecule has 128 valence electrons. The van der Waals surface area contributed by atoms with E-state index in [0.717, 1.165) is 30.7 Å². The predicted octanol–water partition coefficient (Wildman–Crippen LogP) is 3.21. The van der Waals surface area contributed by atoms with Crippen LogP contribution in [0.25, 0.3) is 5.65 Å². The van der Waals surface area contributed by atoms with Gasteiger partial charge in [0.05, 0.1) is 12.2 Å². The summed E-state index contributed by atoms with van der Waals surface area (Å²) in [7, 11) is 1.86. The van der Waals surface area contributed by atoms with Crippen molar-refractivity contribution in [2.45, 2.75) is 24.8 Å². The Balaban J connectivity index is 1.36. The molecule has 0 aliphatic heterocycles. The highest BCUT2D eigenvalue weighted by molar-refractivity contribution is 5.74. The minimum Gasteiger partial charge on any atom is -0.332 e. The molecule has 3 aromatic rings. The molecule has 0 radical (unpaired) electrons. The third kappa shape index (κ3) is 3.22. The summed E-state index contributed by atoms with van der Waals surface area (Å²) in [6, 6.07) is 16.3. The normalized spacial score (nSPS) is 15.1. The van der Waals surface area contributed by atoms with Crippen LogP contribution in [0.4, 0.5) is 4.79 Å². The number of carbonyl (C=O) groups is 1. The summed E-state index contributed by atoms with van der Waals surface area (Å²) < 4.78 is 1.96. The van der Waals surface area contributed by atoms with Crippen LogP contribution in [0, 0.1) is 0 Å². The topological polar surface area (TPSA) is 49.6 Å². The van der Waals surface area contributed by atoms with Crippen molar-refractivity contribution in [2.24, 2.45) is 0 Å². The van der Waals surface area contributed by atoms with Gasteiger partial charge in [0.2, 0.25) is 0 Å². The van der Waals surface area contributed by atoms with Gasteiger partial charge in [-0.25, -0.2) is 9.78 Å². The van der Waals surface area contributed by atoms with Gasteiger partial charge in [0.1, 0.15) is 5.65 Å². The molecule has 25 heavy (non-hydrogen) atoms. The lowest BCUT2D eigenvalue weighted by Gasteiger charge is -2.24. The van der Waals surface area contributed by atoms with E-state index in [2.05, 4.69) is 34.6 Å². The van der Waals surface area contributed by atoms with Gasteiger partial charge in [0.25, 0.3) is 0 Å². The molecular weight excluding hydrogens is 312 g/mol. The molecule has 2 amide bonds. The number of amides is 2. The summed E-state index contributed by atoms with van der Waals surface area (Å²) in [5.74, 6) is 0. The van der Waals surface area contributed by atoms with Crippen molar-refractivity contribution < 1.29 is 4.79 Å². The zero-order chi connectivity index (χ0) is 17.3. The van der Waals surface area contributed by atoms with Gasteiger partial charge in [-0.05, 0) is 30.5 Å². The Labute approximate surface area is 147 Å². The fourth-order valence-corrected chi connectivity index (χ4v) is 3.38. The van der Waals surface area contributed by atoms with Crippen molar-refractivity contribution in [1.29, 1.82) is 0 Å². The Hall–Kier alpha value is -2.82. The number of urea groups is 1. The van der Waals surface area contributed by atoms with Crippen LogP contribution >= 0.6 is 0 Å². The number of imidazole rings is 1. The largest absolute Gasteiger partial charge is 0.332 e. The van der Waals surface area contributed by atoms with E-state index in [1.807, 2.05) is 48.1 Å². The first kappa shape index (κ1) is 15.7. The quantitative estimate of drug-likeness (QED) is 0.779. The molecule has 2 aromatic heterocycles. The second-order valence-corrected chi connectivity index (χ2v) is 6.86. The van der Waals surface area contributed by atoms with Gasteiger partial charge in [-0.2, -0.15) is 0 Å². The maximum Gasteiger partial charge on any atom is 0.317 e. The molecule has 1 aliphatic rings. The minimum absolute atomic E-state index is 0.0562. The number of hydrogen-bond donors (Lipinski definition) is 1.